The summed E-state index contributed by atoms with van der Waals surface area (Å²) in [5.41, 5.74) is 6.27. The molecule has 1 unspecified atom stereocenters. The molecular weight excluding hydrogens is 315 g/mol. The van der Waals surface area contributed by atoms with Crippen LogP contribution in [-0.4, -0.2) is 20.7 Å². The summed E-state index contributed by atoms with van der Waals surface area (Å²) in [5.74, 6) is 0.255. The molecule has 1 heterocycles. The molecule has 0 aliphatic heterocycles. The van der Waals surface area contributed by atoms with Crippen LogP contribution < -0.4 is 5.73 Å². The maximum absolute atomic E-state index is 13.0. The predicted octanol–water partition coefficient (Wildman–Crippen LogP) is 3.02. The molecule has 1 atom stereocenters. The van der Waals surface area contributed by atoms with Crippen LogP contribution in [0.2, 0.25) is 0 Å². The van der Waals surface area contributed by atoms with E-state index in [0.29, 0.717) is 12.5 Å². The average Bonchev–Trinajstić information content (AvgIpc) is 3.28. The summed E-state index contributed by atoms with van der Waals surface area (Å²) in [6, 6.07) is 6.94. The molecule has 1 aliphatic rings. The molecule has 2 aromatic rings. The molecule has 1 aliphatic carbocycles. The molecule has 0 radical (unpaired) electrons. The number of aromatic nitrogens is 3. The number of benzene rings is 1. The number of halogens is 1. The summed E-state index contributed by atoms with van der Waals surface area (Å²) < 4.78 is 15.2. The molecule has 1 fully saturated rings. The summed E-state index contributed by atoms with van der Waals surface area (Å²) in [5, 5.41) is 9.51. The topological polar surface area (TPSA) is 73.8 Å². The van der Waals surface area contributed by atoms with Crippen molar-refractivity contribution in [2.24, 2.45) is 5.73 Å². The van der Waals surface area contributed by atoms with Crippen molar-refractivity contribution in [1.29, 1.82) is 0 Å². The molecule has 3 rings (SSSR count). The molecule has 1 saturated carbocycles. The molecule has 0 spiro atoms. The van der Waals surface area contributed by atoms with Gasteiger partial charge in [-0.2, -0.15) is 0 Å². The summed E-state index contributed by atoms with van der Waals surface area (Å²) in [7, 11) is 0. The highest BCUT2D eigenvalue weighted by Gasteiger charge is 2.30. The number of hydrogen-bond acceptors (Lipinski definition) is 4. The Labute approximate surface area is 138 Å². The first-order chi connectivity index (χ1) is 11.0. The van der Waals surface area contributed by atoms with Gasteiger partial charge in [0.15, 0.2) is 5.16 Å². The van der Waals surface area contributed by atoms with Gasteiger partial charge in [0, 0.05) is 24.1 Å². The van der Waals surface area contributed by atoms with E-state index in [2.05, 4.69) is 21.7 Å². The lowest BCUT2D eigenvalue weighted by Crippen LogP contribution is -2.13. The van der Waals surface area contributed by atoms with Crippen LogP contribution in [0.4, 0.5) is 4.39 Å². The highest BCUT2D eigenvalue weighted by atomic mass is 32.2. The molecular formula is C16H19FN4OS. The average molecular weight is 334 g/mol. The SMILES string of the molecule is CC(Sc1nnc(CCC(N)=O)n1C1CC1)c1ccc(F)cc1. The molecule has 0 saturated heterocycles. The van der Waals surface area contributed by atoms with Crippen LogP contribution in [0.1, 0.15) is 48.9 Å². The van der Waals surface area contributed by atoms with Crippen molar-refractivity contribution in [3.05, 3.63) is 41.5 Å². The van der Waals surface area contributed by atoms with Gasteiger partial charge in [0.2, 0.25) is 5.91 Å². The van der Waals surface area contributed by atoms with E-state index in [-0.39, 0.29) is 23.4 Å². The largest absolute Gasteiger partial charge is 0.370 e. The van der Waals surface area contributed by atoms with E-state index in [1.165, 1.54) is 12.1 Å². The molecule has 0 bridgehead atoms. The quantitative estimate of drug-likeness (QED) is 0.790. The molecule has 1 amide bonds. The first kappa shape index (κ1) is 16.0. The maximum atomic E-state index is 13.0. The second-order valence-electron chi connectivity index (χ2n) is 5.78. The zero-order valence-electron chi connectivity index (χ0n) is 12.9. The van der Waals surface area contributed by atoms with Crippen LogP contribution >= 0.6 is 11.8 Å². The van der Waals surface area contributed by atoms with E-state index in [1.807, 2.05) is 0 Å². The van der Waals surface area contributed by atoms with Gasteiger partial charge >= 0.3 is 0 Å². The van der Waals surface area contributed by atoms with Crippen molar-refractivity contribution in [3.63, 3.8) is 0 Å². The van der Waals surface area contributed by atoms with Gasteiger partial charge < -0.3 is 10.3 Å². The number of hydrogen-bond donors (Lipinski definition) is 1. The Bertz CT molecular complexity index is 697. The van der Waals surface area contributed by atoms with E-state index >= 15 is 0 Å². The number of rotatable bonds is 7. The summed E-state index contributed by atoms with van der Waals surface area (Å²) in [4.78, 5) is 11.0. The van der Waals surface area contributed by atoms with Crippen LogP contribution in [0, 0.1) is 5.82 Å². The van der Waals surface area contributed by atoms with Crippen LogP contribution in [-0.2, 0) is 11.2 Å². The number of nitrogens with two attached hydrogens (primary N) is 1. The lowest BCUT2D eigenvalue weighted by atomic mass is 10.2. The number of thioether (sulfide) groups is 1. The zero-order valence-corrected chi connectivity index (χ0v) is 13.7. The third-order valence-electron chi connectivity index (χ3n) is 3.86. The standard InChI is InChI=1S/C16H19FN4OS/c1-10(11-2-4-12(17)5-3-11)23-16-20-19-15(9-8-14(18)22)21(16)13-6-7-13/h2-5,10,13H,6-9H2,1H3,(H2,18,22). The highest BCUT2D eigenvalue weighted by molar-refractivity contribution is 7.99. The smallest absolute Gasteiger partial charge is 0.217 e. The molecule has 2 N–H and O–H groups in total. The fourth-order valence-corrected chi connectivity index (χ4v) is 3.52. The van der Waals surface area contributed by atoms with Crippen LogP contribution in [0.3, 0.4) is 0 Å². The summed E-state index contributed by atoms with van der Waals surface area (Å²) in [6.07, 6.45) is 3.02. The minimum absolute atomic E-state index is 0.140. The van der Waals surface area contributed by atoms with Crippen molar-refractivity contribution < 1.29 is 9.18 Å². The first-order valence-corrected chi connectivity index (χ1v) is 8.56. The van der Waals surface area contributed by atoms with Crippen molar-refractivity contribution in [2.75, 3.05) is 0 Å². The third-order valence-corrected chi connectivity index (χ3v) is 4.98. The Kier molecular flexibility index (Phi) is 4.66. The van der Waals surface area contributed by atoms with E-state index in [1.54, 1.807) is 23.9 Å². The Balaban J connectivity index is 1.76. The first-order valence-electron chi connectivity index (χ1n) is 7.69. The van der Waals surface area contributed by atoms with Crippen LogP contribution in [0.5, 0.6) is 0 Å². The van der Waals surface area contributed by atoms with Gasteiger partial charge in [-0.3, -0.25) is 4.79 Å². The lowest BCUT2D eigenvalue weighted by Gasteiger charge is -2.13. The molecule has 23 heavy (non-hydrogen) atoms. The minimum atomic E-state index is -0.329. The number of carbonyl (C=O) groups is 1. The lowest BCUT2D eigenvalue weighted by molar-refractivity contribution is -0.118. The van der Waals surface area contributed by atoms with Crippen molar-refractivity contribution in [2.45, 2.75) is 49.1 Å². The Morgan fingerprint density at radius 2 is 2.09 bits per heavy atom. The van der Waals surface area contributed by atoms with Gasteiger partial charge in [-0.1, -0.05) is 23.9 Å². The number of primary amides is 1. The van der Waals surface area contributed by atoms with E-state index < -0.39 is 0 Å². The second-order valence-corrected chi connectivity index (χ2v) is 7.09. The summed E-state index contributed by atoms with van der Waals surface area (Å²) >= 11 is 1.60. The number of carbonyl (C=O) groups excluding carboxylic acids is 1. The van der Waals surface area contributed by atoms with Crippen LogP contribution in [0.25, 0.3) is 0 Å². The molecule has 7 heteroatoms. The molecule has 1 aromatic carbocycles. The van der Waals surface area contributed by atoms with Crippen molar-refractivity contribution in [3.8, 4) is 0 Å². The zero-order chi connectivity index (χ0) is 16.4. The Morgan fingerprint density at radius 3 is 2.70 bits per heavy atom. The van der Waals surface area contributed by atoms with E-state index in [4.69, 9.17) is 5.73 Å². The van der Waals surface area contributed by atoms with Gasteiger partial charge in [-0.05, 0) is 37.5 Å². The van der Waals surface area contributed by atoms with Gasteiger partial charge in [0.1, 0.15) is 11.6 Å². The van der Waals surface area contributed by atoms with Crippen LogP contribution in [0.15, 0.2) is 29.4 Å². The molecule has 122 valence electrons. The van der Waals surface area contributed by atoms with E-state index in [9.17, 15) is 9.18 Å². The summed E-state index contributed by atoms with van der Waals surface area (Å²) in [6.45, 7) is 2.06. The Morgan fingerprint density at radius 1 is 1.39 bits per heavy atom. The normalized spacial score (nSPS) is 15.6. The monoisotopic (exact) mass is 334 g/mol. The predicted molar refractivity (Wildman–Crippen MR) is 86.5 cm³/mol. The van der Waals surface area contributed by atoms with Gasteiger partial charge in [-0.25, -0.2) is 4.39 Å². The number of nitrogens with zero attached hydrogens (tertiary/aromatic N) is 3. The molecule has 1 aromatic heterocycles. The maximum Gasteiger partial charge on any atom is 0.217 e. The van der Waals surface area contributed by atoms with Crippen molar-refractivity contribution in [1.82, 2.24) is 14.8 Å². The fraction of sp³-hybridized carbons (Fsp3) is 0.438. The fourth-order valence-electron chi connectivity index (χ4n) is 2.45. The van der Waals surface area contributed by atoms with Gasteiger partial charge in [0.25, 0.3) is 0 Å². The third kappa shape index (κ3) is 3.90. The van der Waals surface area contributed by atoms with E-state index in [0.717, 1.165) is 29.4 Å². The number of amides is 1. The second kappa shape index (κ2) is 6.70. The molecule has 5 nitrogen and oxygen atoms in total. The highest BCUT2D eigenvalue weighted by Crippen LogP contribution is 2.42. The number of aryl methyl sites for hydroxylation is 1. The van der Waals surface area contributed by atoms with Gasteiger partial charge in [-0.15, -0.1) is 10.2 Å². The van der Waals surface area contributed by atoms with Crippen molar-refractivity contribution >= 4 is 17.7 Å². The van der Waals surface area contributed by atoms with Gasteiger partial charge in [0.05, 0.1) is 0 Å². The Hall–Kier alpha value is -1.89. The minimum Gasteiger partial charge on any atom is -0.370 e.